The molecule has 3 aromatic rings. The summed E-state index contributed by atoms with van der Waals surface area (Å²) >= 11 is 0. The molecule has 0 unspecified atom stereocenters. The zero-order chi connectivity index (χ0) is 13.9. The van der Waals surface area contributed by atoms with Gasteiger partial charge in [-0.3, -0.25) is 4.79 Å². The normalized spacial score (nSPS) is 10.6. The second kappa shape index (κ2) is 4.96. The minimum atomic E-state index is -0.432. The van der Waals surface area contributed by atoms with E-state index in [1.165, 1.54) is 11.0 Å². The van der Waals surface area contributed by atoms with Crippen LogP contribution in [0.5, 0.6) is 0 Å². The summed E-state index contributed by atoms with van der Waals surface area (Å²) in [5.41, 5.74) is 0.657. The van der Waals surface area contributed by atoms with Gasteiger partial charge in [-0.1, -0.05) is 22.9 Å². The van der Waals surface area contributed by atoms with Crippen molar-refractivity contribution in [3.63, 3.8) is 0 Å². The van der Waals surface area contributed by atoms with Crippen LogP contribution >= 0.6 is 0 Å². The molecule has 2 heterocycles. The van der Waals surface area contributed by atoms with Crippen molar-refractivity contribution in [2.24, 2.45) is 0 Å². The van der Waals surface area contributed by atoms with E-state index in [0.29, 0.717) is 16.6 Å². The summed E-state index contributed by atoms with van der Waals surface area (Å²) in [4.78, 5) is 29.7. The molecule has 100 valence electrons. The molecule has 2 N–H and O–H groups in total. The minimum absolute atomic E-state index is 0.0243. The Bertz CT molecular complexity index is 807. The largest absolute Gasteiger partial charge is 0.399 e. The van der Waals surface area contributed by atoms with E-state index < -0.39 is 5.97 Å². The number of rotatable bonds is 3. The number of nitrogens with one attached hydrogen (secondary N) is 2. The van der Waals surface area contributed by atoms with Crippen LogP contribution in [0.1, 0.15) is 10.4 Å². The van der Waals surface area contributed by atoms with Crippen molar-refractivity contribution in [1.29, 1.82) is 0 Å². The quantitative estimate of drug-likeness (QED) is 0.531. The molecule has 0 aliphatic rings. The van der Waals surface area contributed by atoms with E-state index in [9.17, 15) is 9.59 Å². The number of carbonyl (C=O) groups excluding carboxylic acids is 1. The summed E-state index contributed by atoms with van der Waals surface area (Å²) in [6.45, 7) is -0.0243. The number of nitrogens with zero attached hydrogens (tertiary/aromatic N) is 2. The number of benzene rings is 1. The van der Waals surface area contributed by atoms with Crippen LogP contribution in [-0.4, -0.2) is 21.0 Å². The highest BCUT2D eigenvalue weighted by atomic mass is 16.5. The second-order valence-electron chi connectivity index (χ2n) is 4.13. The molecule has 0 saturated heterocycles. The first-order valence-corrected chi connectivity index (χ1v) is 5.92. The van der Waals surface area contributed by atoms with E-state index >= 15 is 0 Å². The van der Waals surface area contributed by atoms with E-state index in [1.54, 1.807) is 30.5 Å². The summed E-state index contributed by atoms with van der Waals surface area (Å²) < 4.78 is 6.62. The van der Waals surface area contributed by atoms with Gasteiger partial charge in [0.05, 0.1) is 11.9 Å². The van der Waals surface area contributed by atoms with Crippen LogP contribution in [0.25, 0.3) is 11.0 Å². The van der Waals surface area contributed by atoms with Gasteiger partial charge in [0.1, 0.15) is 0 Å². The van der Waals surface area contributed by atoms with Gasteiger partial charge >= 0.3 is 12.7 Å². The van der Waals surface area contributed by atoms with Crippen molar-refractivity contribution >= 4 is 17.0 Å². The topological polar surface area (TPSA) is 91.7 Å². The van der Waals surface area contributed by atoms with Crippen LogP contribution < -0.4 is 10.2 Å². The number of H-pyrrole nitrogens is 2. The lowest BCUT2D eigenvalue weighted by Gasteiger charge is -1.99. The molecule has 0 spiro atoms. The lowest BCUT2D eigenvalue weighted by Crippen LogP contribution is -2.37. The van der Waals surface area contributed by atoms with Crippen LogP contribution in [0.2, 0.25) is 0 Å². The van der Waals surface area contributed by atoms with Gasteiger partial charge in [-0.05, 0) is 12.1 Å². The van der Waals surface area contributed by atoms with E-state index in [1.807, 2.05) is 6.07 Å². The molecule has 3 rings (SSSR count). The molecule has 1 aromatic carbocycles. The first-order chi connectivity index (χ1) is 9.74. The molecule has 0 bridgehead atoms. The summed E-state index contributed by atoms with van der Waals surface area (Å²) in [6.07, 6.45) is 2.85. The SMILES string of the molecule is O=C(OC[n+]1cc2c(=O)[nH]cnc2[nH]1)c1ccccc1. The van der Waals surface area contributed by atoms with Gasteiger partial charge in [0, 0.05) is 0 Å². The van der Waals surface area contributed by atoms with Gasteiger partial charge in [-0.2, -0.15) is 0 Å². The third-order valence-corrected chi connectivity index (χ3v) is 2.77. The Hall–Kier alpha value is -2.96. The van der Waals surface area contributed by atoms with E-state index in [0.717, 1.165) is 0 Å². The van der Waals surface area contributed by atoms with Crippen molar-refractivity contribution in [3.05, 3.63) is 58.8 Å². The minimum Gasteiger partial charge on any atom is -0.399 e. The summed E-state index contributed by atoms with van der Waals surface area (Å²) in [5.74, 6) is -0.432. The Morgan fingerprint density at radius 3 is 2.85 bits per heavy atom. The van der Waals surface area contributed by atoms with Gasteiger partial charge in [0.15, 0.2) is 5.39 Å². The van der Waals surface area contributed by atoms with Crippen molar-refractivity contribution in [1.82, 2.24) is 15.1 Å². The number of hydrogen-bond donors (Lipinski definition) is 2. The second-order valence-corrected chi connectivity index (χ2v) is 4.13. The maximum Gasteiger partial charge on any atom is 0.343 e. The Labute approximate surface area is 112 Å². The van der Waals surface area contributed by atoms with Gasteiger partial charge in [0.25, 0.3) is 5.56 Å². The number of aromatic nitrogens is 4. The smallest absolute Gasteiger partial charge is 0.343 e. The predicted octanol–water partition coefficient (Wildman–Crippen LogP) is 0.353. The number of fused-ring (bicyclic) bond motifs is 1. The zero-order valence-electron chi connectivity index (χ0n) is 10.4. The summed E-state index contributed by atoms with van der Waals surface area (Å²) in [7, 11) is 0. The fourth-order valence-electron chi connectivity index (χ4n) is 1.80. The summed E-state index contributed by atoms with van der Waals surface area (Å²) in [6, 6.07) is 8.68. The molecule has 0 radical (unpaired) electrons. The zero-order valence-corrected chi connectivity index (χ0v) is 10.4. The highest BCUT2D eigenvalue weighted by Gasteiger charge is 2.14. The van der Waals surface area contributed by atoms with Crippen LogP contribution in [0.15, 0.2) is 47.7 Å². The molecule has 2 aromatic heterocycles. The van der Waals surface area contributed by atoms with Crippen LogP contribution in [-0.2, 0) is 11.5 Å². The van der Waals surface area contributed by atoms with Crippen molar-refractivity contribution < 1.29 is 14.2 Å². The standard InChI is InChI=1S/C13H10N4O3/c18-12-10-6-17(16-11(10)14-7-15-12)8-20-13(19)9-4-2-1-3-5-9/h1-7H,8H2,(H,14,15,16,18)/p+1. The fraction of sp³-hybridized carbons (Fsp3) is 0.0769. The van der Waals surface area contributed by atoms with E-state index in [4.69, 9.17) is 4.74 Å². The average molecular weight is 271 g/mol. The molecular weight excluding hydrogens is 260 g/mol. The molecular formula is C13H11N4O3+. The monoisotopic (exact) mass is 271 g/mol. The molecule has 0 saturated carbocycles. The summed E-state index contributed by atoms with van der Waals surface area (Å²) in [5, 5.41) is 3.26. The maximum absolute atomic E-state index is 11.8. The van der Waals surface area contributed by atoms with Crippen LogP contribution in [0.3, 0.4) is 0 Å². The molecule has 7 nitrogen and oxygen atoms in total. The number of ether oxygens (including phenoxy) is 1. The third-order valence-electron chi connectivity index (χ3n) is 2.77. The first kappa shape index (κ1) is 12.1. The predicted molar refractivity (Wildman–Crippen MR) is 68.8 cm³/mol. The van der Waals surface area contributed by atoms with Crippen LogP contribution in [0.4, 0.5) is 0 Å². The van der Waals surface area contributed by atoms with Crippen molar-refractivity contribution in [3.8, 4) is 0 Å². The molecule has 0 atom stereocenters. The number of aromatic amines is 2. The average Bonchev–Trinajstić information content (AvgIpc) is 2.90. The fourth-order valence-corrected chi connectivity index (χ4v) is 1.80. The van der Waals surface area contributed by atoms with E-state index in [-0.39, 0.29) is 12.3 Å². The lowest BCUT2D eigenvalue weighted by molar-refractivity contribution is -0.775. The van der Waals surface area contributed by atoms with E-state index in [2.05, 4.69) is 15.1 Å². The molecule has 0 aliphatic carbocycles. The maximum atomic E-state index is 11.8. The molecule has 0 aliphatic heterocycles. The van der Waals surface area contributed by atoms with Crippen LogP contribution in [0, 0.1) is 0 Å². The molecule has 0 fully saturated rings. The van der Waals surface area contributed by atoms with Crippen molar-refractivity contribution in [2.45, 2.75) is 6.73 Å². The Morgan fingerprint density at radius 1 is 1.30 bits per heavy atom. The number of esters is 1. The molecule has 0 amide bonds. The van der Waals surface area contributed by atoms with Gasteiger partial charge in [0.2, 0.25) is 11.8 Å². The molecule has 20 heavy (non-hydrogen) atoms. The van der Waals surface area contributed by atoms with Crippen molar-refractivity contribution in [2.75, 3.05) is 0 Å². The van der Waals surface area contributed by atoms with Gasteiger partial charge in [-0.15, -0.1) is 5.10 Å². The lowest BCUT2D eigenvalue weighted by atomic mass is 10.2. The first-order valence-electron chi connectivity index (χ1n) is 5.92. The Kier molecular flexibility index (Phi) is 3.00. The Morgan fingerprint density at radius 2 is 2.10 bits per heavy atom. The molecule has 7 heteroatoms. The highest BCUT2D eigenvalue weighted by Crippen LogP contribution is 2.01. The number of hydrogen-bond acceptors (Lipinski definition) is 4. The van der Waals surface area contributed by atoms with Gasteiger partial charge < -0.3 is 9.72 Å². The number of carbonyl (C=O) groups is 1. The Balaban J connectivity index is 1.76. The van der Waals surface area contributed by atoms with Gasteiger partial charge in [-0.25, -0.2) is 9.78 Å². The highest BCUT2D eigenvalue weighted by molar-refractivity contribution is 5.89. The third kappa shape index (κ3) is 2.28.